The summed E-state index contributed by atoms with van der Waals surface area (Å²) >= 11 is 0. The molecule has 0 spiro atoms. The van der Waals surface area contributed by atoms with Gasteiger partial charge in [-0.3, -0.25) is 9.89 Å². The summed E-state index contributed by atoms with van der Waals surface area (Å²) in [6, 6.07) is 14.7. The standard InChI is InChI=1S/C23H31N5O2/c1-24-23(28-10-8-21(17-28)27-11-13-29-14-12-27)26-16-20-7-9-25-22(15-20)30-18-19-5-3-2-4-6-19/h2-7,9,15,21H,8,10-14,16-18H2,1H3,(H,24,26). The molecule has 2 fully saturated rings. The summed E-state index contributed by atoms with van der Waals surface area (Å²) in [4.78, 5) is 13.7. The van der Waals surface area contributed by atoms with E-state index in [0.717, 1.165) is 56.5 Å². The minimum absolute atomic E-state index is 0.517. The Hall–Kier alpha value is -2.64. The summed E-state index contributed by atoms with van der Waals surface area (Å²) in [5.41, 5.74) is 2.25. The molecule has 2 saturated heterocycles. The zero-order chi connectivity index (χ0) is 20.6. The number of benzene rings is 1. The van der Waals surface area contributed by atoms with Gasteiger partial charge in [-0.25, -0.2) is 4.98 Å². The number of rotatable bonds is 6. The average molecular weight is 410 g/mol. The van der Waals surface area contributed by atoms with Crippen molar-refractivity contribution in [2.24, 2.45) is 4.99 Å². The lowest BCUT2D eigenvalue weighted by Crippen LogP contribution is -2.46. The van der Waals surface area contributed by atoms with Gasteiger partial charge in [-0.2, -0.15) is 0 Å². The Morgan fingerprint density at radius 3 is 2.80 bits per heavy atom. The lowest BCUT2D eigenvalue weighted by atomic mass is 10.2. The summed E-state index contributed by atoms with van der Waals surface area (Å²) in [5.74, 6) is 1.59. The molecule has 0 radical (unpaired) electrons. The van der Waals surface area contributed by atoms with Crippen LogP contribution in [0.15, 0.2) is 53.7 Å². The molecular weight excluding hydrogens is 378 g/mol. The smallest absolute Gasteiger partial charge is 0.213 e. The van der Waals surface area contributed by atoms with E-state index in [2.05, 4.69) is 37.2 Å². The van der Waals surface area contributed by atoms with Gasteiger partial charge in [0.25, 0.3) is 0 Å². The van der Waals surface area contributed by atoms with Crippen molar-refractivity contribution >= 4 is 5.96 Å². The fraction of sp³-hybridized carbons (Fsp3) is 0.478. The highest BCUT2D eigenvalue weighted by molar-refractivity contribution is 5.80. The number of nitrogens with zero attached hydrogens (tertiary/aromatic N) is 4. The maximum atomic E-state index is 5.85. The molecule has 2 aliphatic rings. The van der Waals surface area contributed by atoms with E-state index >= 15 is 0 Å². The van der Waals surface area contributed by atoms with Gasteiger partial charge < -0.3 is 19.7 Å². The summed E-state index contributed by atoms with van der Waals surface area (Å²) in [6.07, 6.45) is 2.97. The third-order valence-electron chi connectivity index (χ3n) is 5.72. The van der Waals surface area contributed by atoms with Crippen LogP contribution < -0.4 is 10.1 Å². The lowest BCUT2D eigenvalue weighted by molar-refractivity contribution is 0.0195. The van der Waals surface area contributed by atoms with Crippen molar-refractivity contribution < 1.29 is 9.47 Å². The van der Waals surface area contributed by atoms with E-state index in [0.29, 0.717) is 25.1 Å². The molecule has 0 saturated carbocycles. The summed E-state index contributed by atoms with van der Waals surface area (Å²) < 4.78 is 11.3. The quantitative estimate of drug-likeness (QED) is 0.583. The lowest BCUT2D eigenvalue weighted by Gasteiger charge is -2.32. The first-order valence-electron chi connectivity index (χ1n) is 10.7. The van der Waals surface area contributed by atoms with Gasteiger partial charge >= 0.3 is 0 Å². The largest absolute Gasteiger partial charge is 0.473 e. The van der Waals surface area contributed by atoms with Crippen LogP contribution >= 0.6 is 0 Å². The fourth-order valence-corrected chi connectivity index (χ4v) is 4.06. The van der Waals surface area contributed by atoms with Crippen LogP contribution in [0.5, 0.6) is 5.88 Å². The molecule has 1 aromatic carbocycles. The second kappa shape index (κ2) is 10.4. The number of guanidine groups is 1. The van der Waals surface area contributed by atoms with Crippen LogP contribution in [0.25, 0.3) is 0 Å². The summed E-state index contributed by atoms with van der Waals surface area (Å²) in [7, 11) is 1.85. The Morgan fingerprint density at radius 2 is 2.00 bits per heavy atom. The molecular formula is C23H31N5O2. The molecule has 1 N–H and O–H groups in total. The van der Waals surface area contributed by atoms with Crippen molar-refractivity contribution in [2.75, 3.05) is 46.4 Å². The van der Waals surface area contributed by atoms with Crippen LogP contribution in [-0.2, 0) is 17.9 Å². The maximum Gasteiger partial charge on any atom is 0.213 e. The molecule has 1 atom stereocenters. The highest BCUT2D eigenvalue weighted by Crippen LogP contribution is 2.17. The number of aliphatic imine (C=N–C) groups is 1. The number of pyridine rings is 1. The summed E-state index contributed by atoms with van der Waals surface area (Å²) in [6.45, 7) is 7.02. The topological polar surface area (TPSA) is 62.2 Å². The zero-order valence-electron chi connectivity index (χ0n) is 17.7. The Balaban J connectivity index is 1.28. The van der Waals surface area contributed by atoms with Crippen molar-refractivity contribution in [1.82, 2.24) is 20.1 Å². The second-order valence-electron chi connectivity index (χ2n) is 7.71. The zero-order valence-corrected chi connectivity index (χ0v) is 17.7. The predicted molar refractivity (Wildman–Crippen MR) is 118 cm³/mol. The van der Waals surface area contributed by atoms with E-state index in [-0.39, 0.29) is 0 Å². The molecule has 7 nitrogen and oxygen atoms in total. The number of likely N-dealkylation sites (tertiary alicyclic amines) is 1. The number of hydrogen-bond donors (Lipinski definition) is 1. The molecule has 1 unspecified atom stereocenters. The van der Waals surface area contributed by atoms with Crippen LogP contribution in [0.2, 0.25) is 0 Å². The third kappa shape index (κ3) is 5.49. The Kier molecular flexibility index (Phi) is 7.16. The molecule has 3 heterocycles. The highest BCUT2D eigenvalue weighted by atomic mass is 16.5. The molecule has 2 aromatic rings. The number of ether oxygens (including phenoxy) is 2. The number of nitrogens with one attached hydrogen (secondary N) is 1. The normalized spacial score (nSPS) is 20.4. The number of morpholine rings is 1. The van der Waals surface area contributed by atoms with Crippen molar-refractivity contribution in [3.63, 3.8) is 0 Å². The molecule has 0 bridgehead atoms. The van der Waals surface area contributed by atoms with Crippen molar-refractivity contribution in [3.8, 4) is 5.88 Å². The van der Waals surface area contributed by atoms with Gasteiger partial charge in [-0.1, -0.05) is 30.3 Å². The van der Waals surface area contributed by atoms with E-state index in [1.165, 1.54) is 6.42 Å². The van der Waals surface area contributed by atoms with Gasteiger partial charge in [0.2, 0.25) is 5.88 Å². The van der Waals surface area contributed by atoms with Gasteiger partial charge in [-0.05, 0) is 23.6 Å². The molecule has 0 amide bonds. The van der Waals surface area contributed by atoms with Crippen molar-refractivity contribution in [3.05, 3.63) is 59.8 Å². The van der Waals surface area contributed by atoms with Gasteiger partial charge in [-0.15, -0.1) is 0 Å². The first kappa shape index (κ1) is 20.6. The van der Waals surface area contributed by atoms with Crippen LogP contribution in [-0.4, -0.2) is 73.2 Å². The number of aromatic nitrogens is 1. The van der Waals surface area contributed by atoms with E-state index in [1.54, 1.807) is 6.20 Å². The van der Waals surface area contributed by atoms with Crippen LogP contribution in [0.3, 0.4) is 0 Å². The minimum Gasteiger partial charge on any atom is -0.473 e. The SMILES string of the molecule is CN=C(NCc1ccnc(OCc2ccccc2)c1)N1CCC(N2CCOCC2)C1. The summed E-state index contributed by atoms with van der Waals surface area (Å²) in [5, 5.41) is 3.50. The van der Waals surface area contributed by atoms with E-state index < -0.39 is 0 Å². The average Bonchev–Trinajstić information content (AvgIpc) is 3.30. The van der Waals surface area contributed by atoms with Gasteiger partial charge in [0.1, 0.15) is 6.61 Å². The van der Waals surface area contributed by atoms with Crippen LogP contribution in [0.1, 0.15) is 17.5 Å². The predicted octanol–water partition coefficient (Wildman–Crippen LogP) is 2.14. The Morgan fingerprint density at radius 1 is 1.17 bits per heavy atom. The molecule has 4 rings (SSSR count). The van der Waals surface area contributed by atoms with E-state index in [9.17, 15) is 0 Å². The third-order valence-corrected chi connectivity index (χ3v) is 5.72. The number of hydrogen-bond acceptors (Lipinski definition) is 5. The van der Waals surface area contributed by atoms with Crippen molar-refractivity contribution in [1.29, 1.82) is 0 Å². The van der Waals surface area contributed by atoms with Crippen LogP contribution in [0, 0.1) is 0 Å². The van der Waals surface area contributed by atoms with E-state index in [4.69, 9.17) is 9.47 Å². The van der Waals surface area contributed by atoms with Crippen LogP contribution in [0.4, 0.5) is 0 Å². The van der Waals surface area contributed by atoms with Gasteiger partial charge in [0, 0.05) is 58.1 Å². The molecule has 1 aromatic heterocycles. The van der Waals surface area contributed by atoms with Gasteiger partial charge in [0.05, 0.1) is 13.2 Å². The second-order valence-corrected chi connectivity index (χ2v) is 7.71. The monoisotopic (exact) mass is 409 g/mol. The molecule has 7 heteroatoms. The fourth-order valence-electron chi connectivity index (χ4n) is 4.06. The minimum atomic E-state index is 0.517. The first-order chi connectivity index (χ1) is 14.8. The Labute approximate surface area is 178 Å². The highest BCUT2D eigenvalue weighted by Gasteiger charge is 2.30. The molecule has 0 aliphatic carbocycles. The molecule has 2 aliphatic heterocycles. The maximum absolute atomic E-state index is 5.85. The Bertz CT molecular complexity index is 823. The molecule has 30 heavy (non-hydrogen) atoms. The van der Waals surface area contributed by atoms with E-state index in [1.807, 2.05) is 37.4 Å². The molecule has 160 valence electrons. The van der Waals surface area contributed by atoms with Gasteiger partial charge in [0.15, 0.2) is 5.96 Å². The van der Waals surface area contributed by atoms with Crippen molar-refractivity contribution in [2.45, 2.75) is 25.6 Å². The first-order valence-corrected chi connectivity index (χ1v) is 10.7.